The van der Waals surface area contributed by atoms with Gasteiger partial charge >= 0.3 is 0 Å². The minimum absolute atomic E-state index is 0.156. The van der Waals surface area contributed by atoms with Crippen LogP contribution in [-0.2, 0) is 0 Å². The Balaban J connectivity index is 2.39. The monoisotopic (exact) mass is 200 g/mol. The van der Waals surface area contributed by atoms with Gasteiger partial charge in [0.1, 0.15) is 0 Å². The molecule has 0 N–H and O–H groups in total. The number of benzene rings is 1. The van der Waals surface area contributed by atoms with Gasteiger partial charge in [-0.25, -0.2) is 4.68 Å². The third kappa shape index (κ3) is 1.96. The molecule has 0 saturated heterocycles. The van der Waals surface area contributed by atoms with Crippen molar-refractivity contribution in [3.05, 3.63) is 48.3 Å². The highest BCUT2D eigenvalue weighted by Crippen LogP contribution is 2.11. The van der Waals surface area contributed by atoms with E-state index in [0.29, 0.717) is 6.42 Å². The van der Waals surface area contributed by atoms with Gasteiger partial charge in [-0.1, -0.05) is 19.1 Å². The number of carbonyl (C=O) groups is 1. The second-order valence-corrected chi connectivity index (χ2v) is 3.28. The minimum atomic E-state index is 0.156. The first kappa shape index (κ1) is 9.65. The maximum absolute atomic E-state index is 11.5. The Morgan fingerprint density at radius 2 is 2.27 bits per heavy atom. The zero-order chi connectivity index (χ0) is 10.7. The predicted octanol–water partition coefficient (Wildman–Crippen LogP) is 2.46. The van der Waals surface area contributed by atoms with E-state index in [4.69, 9.17) is 0 Å². The fraction of sp³-hybridized carbons (Fsp3) is 0.167. The van der Waals surface area contributed by atoms with Crippen molar-refractivity contribution in [3.8, 4) is 5.69 Å². The number of ketones is 1. The highest BCUT2D eigenvalue weighted by molar-refractivity contribution is 5.96. The van der Waals surface area contributed by atoms with E-state index in [-0.39, 0.29) is 5.78 Å². The summed E-state index contributed by atoms with van der Waals surface area (Å²) in [6, 6.07) is 9.35. The van der Waals surface area contributed by atoms with E-state index in [9.17, 15) is 4.79 Å². The van der Waals surface area contributed by atoms with Gasteiger partial charge in [0.05, 0.1) is 5.69 Å². The Labute approximate surface area is 88.4 Å². The van der Waals surface area contributed by atoms with E-state index in [2.05, 4.69) is 5.10 Å². The molecule has 1 heterocycles. The van der Waals surface area contributed by atoms with Crippen LogP contribution in [0.3, 0.4) is 0 Å². The van der Waals surface area contributed by atoms with Crippen molar-refractivity contribution in [1.82, 2.24) is 9.78 Å². The molecule has 3 heteroatoms. The Kier molecular flexibility index (Phi) is 2.63. The number of hydrogen-bond donors (Lipinski definition) is 0. The zero-order valence-corrected chi connectivity index (χ0v) is 8.55. The first-order valence-corrected chi connectivity index (χ1v) is 4.94. The molecule has 0 radical (unpaired) electrons. The average molecular weight is 200 g/mol. The van der Waals surface area contributed by atoms with E-state index in [1.165, 1.54) is 0 Å². The van der Waals surface area contributed by atoms with Crippen LogP contribution in [0.2, 0.25) is 0 Å². The summed E-state index contributed by atoms with van der Waals surface area (Å²) < 4.78 is 1.74. The second-order valence-electron chi connectivity index (χ2n) is 3.28. The molecule has 0 aliphatic rings. The zero-order valence-electron chi connectivity index (χ0n) is 8.55. The predicted molar refractivity (Wildman–Crippen MR) is 58.2 cm³/mol. The molecule has 0 saturated carbocycles. The van der Waals surface area contributed by atoms with E-state index in [1.54, 1.807) is 10.9 Å². The average Bonchev–Trinajstić information content (AvgIpc) is 2.82. The van der Waals surface area contributed by atoms with Crippen LogP contribution in [0, 0.1) is 0 Å². The van der Waals surface area contributed by atoms with Gasteiger partial charge in [-0.05, 0) is 18.2 Å². The first-order chi connectivity index (χ1) is 7.31. The Bertz CT molecular complexity index is 460. The Morgan fingerprint density at radius 1 is 1.40 bits per heavy atom. The molecule has 0 amide bonds. The lowest BCUT2D eigenvalue weighted by Gasteiger charge is -2.03. The van der Waals surface area contributed by atoms with Crippen LogP contribution < -0.4 is 0 Å². The fourth-order valence-electron chi connectivity index (χ4n) is 1.45. The maximum Gasteiger partial charge on any atom is 0.162 e. The number of Topliss-reactive ketones (excluding diaryl/α,β-unsaturated/α-hetero) is 1. The molecule has 0 atom stereocenters. The van der Waals surface area contributed by atoms with Crippen LogP contribution in [-0.4, -0.2) is 15.6 Å². The Morgan fingerprint density at radius 3 is 2.93 bits per heavy atom. The summed E-state index contributed by atoms with van der Waals surface area (Å²) in [7, 11) is 0. The molecule has 0 aliphatic carbocycles. The molecular weight excluding hydrogens is 188 g/mol. The normalized spacial score (nSPS) is 10.2. The molecule has 3 nitrogen and oxygen atoms in total. The summed E-state index contributed by atoms with van der Waals surface area (Å²) in [5, 5.41) is 4.12. The van der Waals surface area contributed by atoms with Gasteiger partial charge in [-0.2, -0.15) is 5.10 Å². The lowest BCUT2D eigenvalue weighted by Crippen LogP contribution is -2.00. The van der Waals surface area contributed by atoms with Crippen molar-refractivity contribution in [2.24, 2.45) is 0 Å². The van der Waals surface area contributed by atoms with E-state index in [1.807, 2.05) is 43.5 Å². The number of aromatic nitrogens is 2. The molecule has 76 valence electrons. The SMILES string of the molecule is CCC(=O)c1cccc(-n2cccn2)c1. The number of rotatable bonds is 3. The Hall–Kier alpha value is -1.90. The molecule has 0 fully saturated rings. The van der Waals surface area contributed by atoms with Gasteiger partial charge in [-0.3, -0.25) is 4.79 Å². The molecular formula is C12H12N2O. The van der Waals surface area contributed by atoms with Gasteiger partial charge in [0.2, 0.25) is 0 Å². The van der Waals surface area contributed by atoms with Gasteiger partial charge < -0.3 is 0 Å². The van der Waals surface area contributed by atoms with Crippen molar-refractivity contribution in [2.75, 3.05) is 0 Å². The quantitative estimate of drug-likeness (QED) is 0.713. The minimum Gasteiger partial charge on any atom is -0.294 e. The van der Waals surface area contributed by atoms with Crippen molar-refractivity contribution >= 4 is 5.78 Å². The standard InChI is InChI=1S/C12H12N2O/c1-2-12(15)10-5-3-6-11(9-10)14-8-4-7-13-14/h3-9H,2H2,1H3. The summed E-state index contributed by atoms with van der Waals surface area (Å²) in [5.41, 5.74) is 1.66. The largest absolute Gasteiger partial charge is 0.294 e. The molecule has 0 aliphatic heterocycles. The van der Waals surface area contributed by atoms with Crippen molar-refractivity contribution in [1.29, 1.82) is 0 Å². The molecule has 2 rings (SSSR count). The maximum atomic E-state index is 11.5. The molecule has 1 aromatic heterocycles. The van der Waals surface area contributed by atoms with Gasteiger partial charge in [0.25, 0.3) is 0 Å². The van der Waals surface area contributed by atoms with E-state index >= 15 is 0 Å². The number of nitrogens with zero attached hydrogens (tertiary/aromatic N) is 2. The highest BCUT2D eigenvalue weighted by Gasteiger charge is 2.04. The van der Waals surface area contributed by atoms with E-state index < -0.39 is 0 Å². The van der Waals surface area contributed by atoms with Crippen molar-refractivity contribution in [3.63, 3.8) is 0 Å². The van der Waals surface area contributed by atoms with Crippen LogP contribution >= 0.6 is 0 Å². The van der Waals surface area contributed by atoms with Crippen LogP contribution in [0.15, 0.2) is 42.7 Å². The third-order valence-corrected chi connectivity index (χ3v) is 2.26. The number of hydrogen-bond acceptors (Lipinski definition) is 2. The van der Waals surface area contributed by atoms with Gasteiger partial charge in [0, 0.05) is 24.4 Å². The fourth-order valence-corrected chi connectivity index (χ4v) is 1.45. The topological polar surface area (TPSA) is 34.9 Å². The summed E-state index contributed by atoms with van der Waals surface area (Å²) >= 11 is 0. The number of carbonyl (C=O) groups excluding carboxylic acids is 1. The molecule has 0 bridgehead atoms. The van der Waals surface area contributed by atoms with Crippen molar-refractivity contribution in [2.45, 2.75) is 13.3 Å². The van der Waals surface area contributed by atoms with Crippen LogP contribution in [0.25, 0.3) is 5.69 Å². The smallest absolute Gasteiger partial charge is 0.162 e. The molecule has 0 spiro atoms. The van der Waals surface area contributed by atoms with Crippen molar-refractivity contribution < 1.29 is 4.79 Å². The summed E-state index contributed by atoms with van der Waals surface area (Å²) in [6.45, 7) is 1.86. The lowest BCUT2D eigenvalue weighted by atomic mass is 10.1. The van der Waals surface area contributed by atoms with Crippen LogP contribution in [0.5, 0.6) is 0 Å². The third-order valence-electron chi connectivity index (χ3n) is 2.26. The molecule has 1 aromatic carbocycles. The van der Waals surface area contributed by atoms with Gasteiger partial charge in [0.15, 0.2) is 5.78 Å². The summed E-state index contributed by atoms with van der Waals surface area (Å²) in [6.07, 6.45) is 4.10. The summed E-state index contributed by atoms with van der Waals surface area (Å²) in [5.74, 6) is 0.156. The van der Waals surface area contributed by atoms with Gasteiger partial charge in [-0.15, -0.1) is 0 Å². The molecule has 0 unspecified atom stereocenters. The highest BCUT2D eigenvalue weighted by atomic mass is 16.1. The molecule has 2 aromatic rings. The lowest BCUT2D eigenvalue weighted by molar-refractivity contribution is 0.0988. The van der Waals surface area contributed by atoms with E-state index in [0.717, 1.165) is 11.3 Å². The van der Waals surface area contributed by atoms with Crippen LogP contribution in [0.4, 0.5) is 0 Å². The summed E-state index contributed by atoms with van der Waals surface area (Å²) in [4.78, 5) is 11.5. The molecule has 15 heavy (non-hydrogen) atoms. The van der Waals surface area contributed by atoms with Crippen LogP contribution in [0.1, 0.15) is 23.7 Å². The second kappa shape index (κ2) is 4.09. The first-order valence-electron chi connectivity index (χ1n) is 4.94.